The maximum absolute atomic E-state index is 7.52. The van der Waals surface area contributed by atoms with E-state index in [1.807, 2.05) is 33.8 Å². The monoisotopic (exact) mass is 206 g/mol. The van der Waals surface area contributed by atoms with Gasteiger partial charge in [0.25, 0.3) is 0 Å². The number of hydrogen-bond donors (Lipinski definition) is 3. The van der Waals surface area contributed by atoms with Crippen LogP contribution in [0, 0.1) is 12.3 Å². The summed E-state index contributed by atoms with van der Waals surface area (Å²) in [7, 11) is 0. The molecule has 0 radical (unpaired) electrons. The first-order valence-electron chi connectivity index (χ1n) is 4.89. The molecule has 1 aromatic heterocycles. The summed E-state index contributed by atoms with van der Waals surface area (Å²) in [5, 5.41) is 10.8. The highest BCUT2D eigenvalue weighted by Crippen LogP contribution is 2.19. The van der Waals surface area contributed by atoms with Crippen LogP contribution in [0.25, 0.3) is 0 Å². The smallest absolute Gasteiger partial charge is 0.137 e. The van der Waals surface area contributed by atoms with Gasteiger partial charge in [0.2, 0.25) is 0 Å². The fourth-order valence-corrected chi connectivity index (χ4v) is 1.35. The summed E-state index contributed by atoms with van der Waals surface area (Å²) in [6.07, 6.45) is 1.72. The molecular weight excluding hydrogens is 188 g/mol. The Morgan fingerprint density at radius 1 is 1.47 bits per heavy atom. The molecular formula is C11H18N4. The summed E-state index contributed by atoms with van der Waals surface area (Å²) in [5.41, 5.74) is 7.09. The van der Waals surface area contributed by atoms with Crippen LogP contribution in [0.15, 0.2) is 12.3 Å². The summed E-state index contributed by atoms with van der Waals surface area (Å²) in [4.78, 5) is 4.21. The number of anilines is 1. The van der Waals surface area contributed by atoms with Crippen LogP contribution < -0.4 is 11.1 Å². The van der Waals surface area contributed by atoms with Gasteiger partial charge in [-0.15, -0.1) is 0 Å². The van der Waals surface area contributed by atoms with E-state index >= 15 is 0 Å². The number of rotatable bonds is 2. The third-order valence-corrected chi connectivity index (χ3v) is 1.92. The van der Waals surface area contributed by atoms with E-state index < -0.39 is 0 Å². The Morgan fingerprint density at radius 2 is 2.07 bits per heavy atom. The molecule has 0 aliphatic rings. The molecule has 0 saturated heterocycles. The predicted octanol–water partition coefficient (Wildman–Crippen LogP) is 1.88. The lowest BCUT2D eigenvalue weighted by Gasteiger charge is -2.23. The maximum Gasteiger partial charge on any atom is 0.137 e. The molecule has 0 amide bonds. The van der Waals surface area contributed by atoms with E-state index in [1.165, 1.54) is 0 Å². The van der Waals surface area contributed by atoms with Gasteiger partial charge in [-0.1, -0.05) is 0 Å². The van der Waals surface area contributed by atoms with Crippen molar-refractivity contribution in [1.82, 2.24) is 4.98 Å². The van der Waals surface area contributed by atoms with Gasteiger partial charge < -0.3 is 11.1 Å². The zero-order valence-electron chi connectivity index (χ0n) is 9.68. The van der Waals surface area contributed by atoms with Gasteiger partial charge in [0.1, 0.15) is 11.7 Å². The molecule has 0 bridgehead atoms. The van der Waals surface area contributed by atoms with Crippen LogP contribution in [0.1, 0.15) is 31.9 Å². The molecule has 0 aliphatic heterocycles. The number of pyridine rings is 1. The zero-order chi connectivity index (χ0) is 11.6. The van der Waals surface area contributed by atoms with Crippen LogP contribution >= 0.6 is 0 Å². The number of nitrogen functional groups attached to an aromatic ring is 1. The molecule has 4 heteroatoms. The number of nitrogens with two attached hydrogens (primary N) is 1. The topological polar surface area (TPSA) is 74.8 Å². The van der Waals surface area contributed by atoms with E-state index in [0.717, 1.165) is 5.56 Å². The van der Waals surface area contributed by atoms with Gasteiger partial charge in [-0.3, -0.25) is 5.41 Å². The van der Waals surface area contributed by atoms with Crippen LogP contribution in [0.4, 0.5) is 5.82 Å². The molecule has 0 unspecified atom stereocenters. The van der Waals surface area contributed by atoms with E-state index in [9.17, 15) is 0 Å². The Kier molecular flexibility index (Phi) is 2.98. The maximum atomic E-state index is 7.52. The fraction of sp³-hybridized carbons (Fsp3) is 0.455. The quantitative estimate of drug-likeness (QED) is 0.511. The molecule has 0 saturated carbocycles. The molecule has 0 aromatic carbocycles. The summed E-state index contributed by atoms with van der Waals surface area (Å²) in [6.45, 7) is 8.05. The SMILES string of the molecule is Cc1ccnc(NC(C)(C)C)c1C(=N)N. The van der Waals surface area contributed by atoms with Crippen molar-refractivity contribution in [3.05, 3.63) is 23.4 Å². The number of aromatic nitrogens is 1. The van der Waals surface area contributed by atoms with Crippen molar-refractivity contribution in [3.63, 3.8) is 0 Å². The van der Waals surface area contributed by atoms with Gasteiger partial charge in [0.15, 0.2) is 0 Å². The van der Waals surface area contributed by atoms with E-state index in [-0.39, 0.29) is 11.4 Å². The van der Waals surface area contributed by atoms with E-state index in [4.69, 9.17) is 11.1 Å². The van der Waals surface area contributed by atoms with Gasteiger partial charge in [-0.25, -0.2) is 4.98 Å². The summed E-state index contributed by atoms with van der Waals surface area (Å²) < 4.78 is 0. The van der Waals surface area contributed by atoms with Crippen molar-refractivity contribution < 1.29 is 0 Å². The van der Waals surface area contributed by atoms with Crippen molar-refractivity contribution in [2.45, 2.75) is 33.2 Å². The highest BCUT2D eigenvalue weighted by atomic mass is 15.0. The summed E-state index contributed by atoms with van der Waals surface area (Å²) in [5.74, 6) is 0.724. The van der Waals surface area contributed by atoms with Crippen LogP contribution in [-0.2, 0) is 0 Å². The van der Waals surface area contributed by atoms with Crippen molar-refractivity contribution in [3.8, 4) is 0 Å². The number of hydrogen-bond acceptors (Lipinski definition) is 3. The third kappa shape index (κ3) is 2.94. The first kappa shape index (κ1) is 11.5. The summed E-state index contributed by atoms with van der Waals surface area (Å²) >= 11 is 0. The van der Waals surface area contributed by atoms with Gasteiger partial charge in [0.05, 0.1) is 5.56 Å². The molecule has 4 nitrogen and oxygen atoms in total. The predicted molar refractivity (Wildman–Crippen MR) is 63.4 cm³/mol. The molecule has 1 rings (SSSR count). The minimum Gasteiger partial charge on any atom is -0.384 e. The number of aryl methyl sites for hydroxylation is 1. The Balaban J connectivity index is 3.18. The van der Waals surface area contributed by atoms with Crippen molar-refractivity contribution in [2.75, 3.05) is 5.32 Å². The standard InChI is InChI=1S/C11H18N4/c1-7-5-6-14-10(8(7)9(12)13)15-11(2,3)4/h5-6H,1-4H3,(H3,12,13)(H,14,15). The molecule has 0 aliphatic carbocycles. The second kappa shape index (κ2) is 3.88. The molecule has 1 aromatic rings. The lowest BCUT2D eigenvalue weighted by atomic mass is 10.1. The molecule has 0 atom stereocenters. The van der Waals surface area contributed by atoms with Gasteiger partial charge in [-0.2, -0.15) is 0 Å². The van der Waals surface area contributed by atoms with Crippen LogP contribution in [-0.4, -0.2) is 16.4 Å². The Hall–Kier alpha value is -1.58. The second-order valence-electron chi connectivity index (χ2n) is 4.64. The molecule has 82 valence electrons. The lowest BCUT2D eigenvalue weighted by Crippen LogP contribution is -2.29. The molecule has 4 N–H and O–H groups in total. The van der Waals surface area contributed by atoms with E-state index in [2.05, 4.69) is 10.3 Å². The van der Waals surface area contributed by atoms with Gasteiger partial charge in [0, 0.05) is 11.7 Å². The Bertz CT molecular complexity index is 377. The van der Waals surface area contributed by atoms with E-state index in [1.54, 1.807) is 6.20 Å². The second-order valence-corrected chi connectivity index (χ2v) is 4.64. The highest BCUT2D eigenvalue weighted by Gasteiger charge is 2.15. The van der Waals surface area contributed by atoms with Gasteiger partial charge in [-0.05, 0) is 39.3 Å². The Morgan fingerprint density at radius 3 is 2.53 bits per heavy atom. The minimum absolute atomic E-state index is 0.0485. The third-order valence-electron chi connectivity index (χ3n) is 1.92. The molecule has 0 fully saturated rings. The van der Waals surface area contributed by atoms with Crippen LogP contribution in [0.5, 0.6) is 0 Å². The normalized spacial score (nSPS) is 11.2. The number of nitrogens with zero attached hydrogens (tertiary/aromatic N) is 1. The van der Waals surface area contributed by atoms with Crippen LogP contribution in [0.3, 0.4) is 0 Å². The first-order chi connectivity index (χ1) is 6.81. The van der Waals surface area contributed by atoms with Gasteiger partial charge >= 0.3 is 0 Å². The first-order valence-corrected chi connectivity index (χ1v) is 4.89. The Labute approximate surface area is 90.4 Å². The van der Waals surface area contributed by atoms with Crippen molar-refractivity contribution >= 4 is 11.7 Å². The molecule has 15 heavy (non-hydrogen) atoms. The largest absolute Gasteiger partial charge is 0.384 e. The lowest BCUT2D eigenvalue weighted by molar-refractivity contribution is 0.630. The highest BCUT2D eigenvalue weighted by molar-refractivity contribution is 6.00. The average molecular weight is 206 g/mol. The van der Waals surface area contributed by atoms with Crippen LogP contribution in [0.2, 0.25) is 0 Å². The molecule has 0 spiro atoms. The minimum atomic E-state index is -0.0923. The molecule has 1 heterocycles. The van der Waals surface area contributed by atoms with Crippen molar-refractivity contribution in [2.24, 2.45) is 5.73 Å². The fourth-order valence-electron chi connectivity index (χ4n) is 1.35. The zero-order valence-corrected chi connectivity index (χ0v) is 9.68. The van der Waals surface area contributed by atoms with Crippen molar-refractivity contribution in [1.29, 1.82) is 5.41 Å². The average Bonchev–Trinajstić information content (AvgIpc) is 1.99. The number of amidine groups is 1. The number of nitrogens with one attached hydrogen (secondary N) is 2. The van der Waals surface area contributed by atoms with E-state index in [0.29, 0.717) is 11.4 Å². The summed E-state index contributed by atoms with van der Waals surface area (Å²) in [6, 6.07) is 1.85.